The van der Waals surface area contributed by atoms with Crippen molar-refractivity contribution in [3.63, 3.8) is 0 Å². The Hall–Kier alpha value is -2.74. The number of ether oxygens (including phenoxy) is 1. The molecule has 0 unspecified atom stereocenters. The van der Waals surface area contributed by atoms with E-state index in [0.29, 0.717) is 12.0 Å². The summed E-state index contributed by atoms with van der Waals surface area (Å²) in [6.45, 7) is 0. The fourth-order valence-electron chi connectivity index (χ4n) is 2.82. The van der Waals surface area contributed by atoms with Crippen LogP contribution in [0.25, 0.3) is 11.1 Å². The van der Waals surface area contributed by atoms with Crippen LogP contribution < -0.4 is 10.5 Å². The van der Waals surface area contributed by atoms with Crippen LogP contribution in [0.15, 0.2) is 54.7 Å². The van der Waals surface area contributed by atoms with Gasteiger partial charge >= 0.3 is 5.97 Å². The molecule has 3 rings (SSSR count). The van der Waals surface area contributed by atoms with Gasteiger partial charge in [-0.05, 0) is 41.3 Å². The second-order valence-electron chi connectivity index (χ2n) is 6.45. The van der Waals surface area contributed by atoms with Crippen molar-refractivity contribution in [3.8, 4) is 22.8 Å². The third-order valence-corrected chi connectivity index (χ3v) is 4.31. The number of aromatic nitrogens is 1. The summed E-state index contributed by atoms with van der Waals surface area (Å²) in [5.74, 6) is -3.01. The lowest BCUT2D eigenvalue weighted by Crippen LogP contribution is -2.26. The first kappa shape index (κ1) is 23.5. The first-order chi connectivity index (χ1) is 13.8. The van der Waals surface area contributed by atoms with Gasteiger partial charge in [0.2, 0.25) is 0 Å². The molecule has 0 aliphatic carbocycles. The molecule has 0 saturated heterocycles. The summed E-state index contributed by atoms with van der Waals surface area (Å²) in [6, 6.07) is 12.0. The van der Waals surface area contributed by atoms with E-state index in [4.69, 9.17) is 27.2 Å². The Kier molecular flexibility index (Phi) is 8.11. The first-order valence-corrected chi connectivity index (χ1v) is 9.05. The molecule has 0 radical (unpaired) electrons. The summed E-state index contributed by atoms with van der Waals surface area (Å²) in [5.41, 5.74) is 7.97. The van der Waals surface area contributed by atoms with E-state index >= 15 is 0 Å². The highest BCUT2D eigenvalue weighted by atomic mass is 35.5. The van der Waals surface area contributed by atoms with Gasteiger partial charge in [-0.3, -0.25) is 4.79 Å². The number of hydrogen-bond acceptors (Lipinski definition) is 4. The number of carboxylic acid groups (broad SMARTS) is 1. The molecule has 5 nitrogen and oxygen atoms in total. The lowest BCUT2D eigenvalue weighted by atomic mass is 9.98. The smallest absolute Gasteiger partial charge is 0.304 e. The van der Waals surface area contributed by atoms with Gasteiger partial charge in [0.05, 0.1) is 11.4 Å². The molecule has 0 aliphatic rings. The normalized spacial score (nSPS) is 11.5. The fraction of sp³-hybridized carbons (Fsp3) is 0.143. The molecule has 30 heavy (non-hydrogen) atoms. The van der Waals surface area contributed by atoms with Crippen LogP contribution in [-0.2, 0) is 11.2 Å². The molecular formula is C21H18Cl2F2N2O3. The second-order valence-corrected chi connectivity index (χ2v) is 6.89. The number of carboxylic acids is 1. The van der Waals surface area contributed by atoms with Crippen LogP contribution >= 0.6 is 24.0 Å². The van der Waals surface area contributed by atoms with Crippen LogP contribution in [0.2, 0.25) is 5.02 Å². The second kappa shape index (κ2) is 10.3. The first-order valence-electron chi connectivity index (χ1n) is 8.67. The maximum Gasteiger partial charge on any atom is 0.304 e. The molecule has 1 atom stereocenters. The van der Waals surface area contributed by atoms with Crippen molar-refractivity contribution in [3.05, 3.63) is 76.9 Å². The average molecular weight is 455 g/mol. The standard InChI is InChI=1S/C21H17ClF2N2O3.ClH/c22-15-9-18(24)21(26-11-15)29-19-5-4-14(8-17(19)23)13-3-1-2-12(6-13)7-16(25)10-20(27)28;/h1-6,8-9,11,16H,7,10,25H2,(H,27,28);1H/t16-;/m1./s1. The molecule has 1 heterocycles. The molecule has 0 fully saturated rings. The highest BCUT2D eigenvalue weighted by Crippen LogP contribution is 2.30. The van der Waals surface area contributed by atoms with Crippen molar-refractivity contribution < 1.29 is 23.4 Å². The Labute approximate surface area is 182 Å². The Morgan fingerprint density at radius 3 is 2.53 bits per heavy atom. The molecule has 2 aromatic carbocycles. The van der Waals surface area contributed by atoms with Crippen molar-refractivity contribution >= 4 is 30.0 Å². The topological polar surface area (TPSA) is 85.4 Å². The number of halogens is 4. The Balaban J connectivity index is 0.00000320. The van der Waals surface area contributed by atoms with Crippen LogP contribution in [0.5, 0.6) is 11.6 Å². The minimum atomic E-state index is -0.960. The highest BCUT2D eigenvalue weighted by molar-refractivity contribution is 6.30. The number of carbonyl (C=O) groups is 1. The Bertz CT molecular complexity index is 1050. The van der Waals surface area contributed by atoms with Crippen LogP contribution in [0, 0.1) is 11.6 Å². The summed E-state index contributed by atoms with van der Waals surface area (Å²) >= 11 is 5.64. The van der Waals surface area contributed by atoms with E-state index in [1.165, 1.54) is 18.3 Å². The average Bonchev–Trinajstić information content (AvgIpc) is 2.65. The van der Waals surface area contributed by atoms with Crippen molar-refractivity contribution in [2.24, 2.45) is 5.73 Å². The number of nitrogens with two attached hydrogens (primary N) is 1. The van der Waals surface area contributed by atoms with Crippen molar-refractivity contribution in [1.82, 2.24) is 4.98 Å². The number of benzene rings is 2. The van der Waals surface area contributed by atoms with Crippen LogP contribution in [0.1, 0.15) is 12.0 Å². The van der Waals surface area contributed by atoms with Crippen molar-refractivity contribution in [2.45, 2.75) is 18.9 Å². The Morgan fingerprint density at radius 1 is 1.13 bits per heavy atom. The molecule has 1 aromatic heterocycles. The van der Waals surface area contributed by atoms with Gasteiger partial charge in [-0.1, -0.05) is 41.9 Å². The van der Waals surface area contributed by atoms with Gasteiger partial charge in [-0.25, -0.2) is 13.8 Å². The predicted molar refractivity (Wildman–Crippen MR) is 112 cm³/mol. The molecular weight excluding hydrogens is 437 g/mol. The Morgan fingerprint density at radius 2 is 1.87 bits per heavy atom. The molecule has 0 aliphatic heterocycles. The van der Waals surface area contributed by atoms with Gasteiger partial charge in [0.1, 0.15) is 0 Å². The molecule has 3 N–H and O–H groups in total. The van der Waals surface area contributed by atoms with Crippen LogP contribution in [-0.4, -0.2) is 22.1 Å². The van der Waals surface area contributed by atoms with Gasteiger partial charge in [0, 0.05) is 12.2 Å². The van der Waals surface area contributed by atoms with Gasteiger partial charge in [0.15, 0.2) is 17.4 Å². The van der Waals surface area contributed by atoms with Gasteiger partial charge in [-0.2, -0.15) is 0 Å². The maximum absolute atomic E-state index is 14.5. The molecule has 3 aromatic rings. The van der Waals surface area contributed by atoms with E-state index in [1.807, 2.05) is 12.1 Å². The fourth-order valence-corrected chi connectivity index (χ4v) is 2.97. The summed E-state index contributed by atoms with van der Waals surface area (Å²) in [5, 5.41) is 8.92. The van der Waals surface area contributed by atoms with Gasteiger partial charge in [0.25, 0.3) is 5.88 Å². The maximum atomic E-state index is 14.5. The van der Waals surface area contributed by atoms with Gasteiger partial charge in [-0.15, -0.1) is 12.4 Å². The summed E-state index contributed by atoms with van der Waals surface area (Å²) in [7, 11) is 0. The predicted octanol–water partition coefficient (Wildman–Crippen LogP) is 5.24. The summed E-state index contributed by atoms with van der Waals surface area (Å²) < 4.78 is 33.5. The quantitative estimate of drug-likeness (QED) is 0.509. The summed E-state index contributed by atoms with van der Waals surface area (Å²) in [4.78, 5) is 14.5. The van der Waals surface area contributed by atoms with E-state index < -0.39 is 23.6 Å². The lowest BCUT2D eigenvalue weighted by Gasteiger charge is -2.11. The zero-order valence-corrected chi connectivity index (χ0v) is 17.1. The minimum Gasteiger partial charge on any atom is -0.481 e. The summed E-state index contributed by atoms with van der Waals surface area (Å²) in [6.07, 6.45) is 1.44. The molecule has 0 spiro atoms. The molecule has 0 saturated carbocycles. The largest absolute Gasteiger partial charge is 0.481 e. The number of pyridine rings is 1. The monoisotopic (exact) mass is 454 g/mol. The number of hydrogen-bond donors (Lipinski definition) is 2. The molecule has 158 valence electrons. The molecule has 9 heteroatoms. The van der Waals surface area contributed by atoms with Crippen molar-refractivity contribution in [2.75, 3.05) is 0 Å². The number of nitrogens with zero attached hydrogens (tertiary/aromatic N) is 1. The van der Waals surface area contributed by atoms with Crippen LogP contribution in [0.4, 0.5) is 8.78 Å². The van der Waals surface area contributed by atoms with Crippen LogP contribution in [0.3, 0.4) is 0 Å². The zero-order valence-electron chi connectivity index (χ0n) is 15.5. The molecule has 0 bridgehead atoms. The lowest BCUT2D eigenvalue weighted by molar-refractivity contribution is -0.137. The SMILES string of the molecule is Cl.N[C@@H](CC(=O)O)Cc1cccc(-c2ccc(Oc3ncc(Cl)cc3F)c(F)c2)c1. The molecule has 0 amide bonds. The van der Waals surface area contributed by atoms with E-state index in [2.05, 4.69) is 4.98 Å². The van der Waals surface area contributed by atoms with E-state index in [1.54, 1.807) is 18.2 Å². The number of aliphatic carboxylic acids is 1. The van der Waals surface area contributed by atoms with Crippen molar-refractivity contribution in [1.29, 1.82) is 0 Å². The third kappa shape index (κ3) is 6.13. The third-order valence-electron chi connectivity index (χ3n) is 4.11. The number of rotatable bonds is 7. The zero-order chi connectivity index (χ0) is 21.0. The highest BCUT2D eigenvalue weighted by Gasteiger charge is 2.13. The van der Waals surface area contributed by atoms with E-state index in [-0.39, 0.29) is 35.5 Å². The van der Waals surface area contributed by atoms with E-state index in [0.717, 1.165) is 17.2 Å². The van der Waals surface area contributed by atoms with Gasteiger partial charge < -0.3 is 15.6 Å². The van der Waals surface area contributed by atoms with E-state index in [9.17, 15) is 13.6 Å². The minimum absolute atomic E-state index is 0.